The van der Waals surface area contributed by atoms with Gasteiger partial charge in [-0.15, -0.1) is 0 Å². The third-order valence-corrected chi connectivity index (χ3v) is 8.84. The summed E-state index contributed by atoms with van der Waals surface area (Å²) in [5, 5.41) is 18.3. The first-order valence-electron chi connectivity index (χ1n) is 19.9. The molecule has 3 unspecified atom stereocenters. The minimum Gasteiger partial charge on any atom is -0.457 e. The van der Waals surface area contributed by atoms with E-state index < -0.39 is 45.8 Å². The van der Waals surface area contributed by atoms with E-state index in [0.717, 1.165) is 83.5 Å². The number of carbonyl (C=O) groups is 1. The Bertz CT molecular complexity index is 1030. The number of unbranched alkanes of at least 4 members (excludes halogenated alkanes) is 11. The number of rotatable bonds is 37. The van der Waals surface area contributed by atoms with Crippen LogP contribution in [0.3, 0.4) is 0 Å². The van der Waals surface area contributed by atoms with Crippen LogP contribution in [0.1, 0.15) is 142 Å². The molecule has 0 saturated carbocycles. The molecule has 0 amide bonds. The zero-order valence-electron chi connectivity index (χ0n) is 32.5. The summed E-state index contributed by atoms with van der Waals surface area (Å²) in [7, 11) is -4.53. The highest BCUT2D eigenvalue weighted by molar-refractivity contribution is 7.47. The molecule has 0 aliphatic carbocycles. The van der Waals surface area contributed by atoms with Gasteiger partial charge in [0.15, 0.2) is 0 Å². The van der Waals surface area contributed by atoms with Gasteiger partial charge in [0.1, 0.15) is 12.2 Å². The molecule has 0 bridgehead atoms. The molecule has 0 aromatic rings. The van der Waals surface area contributed by atoms with Crippen molar-refractivity contribution in [2.45, 2.75) is 154 Å². The topological polar surface area (TPSA) is 132 Å². The lowest BCUT2D eigenvalue weighted by Gasteiger charge is -2.20. The largest absolute Gasteiger partial charge is 0.472 e. The Balaban J connectivity index is 4.26. The fraction of sp³-hybridized carbons (Fsp3) is 0.690. The monoisotopic (exact) mass is 752 g/mol. The number of phosphoric acid groups is 1. The zero-order chi connectivity index (χ0) is 38.2. The van der Waals surface area contributed by atoms with Gasteiger partial charge in [0.2, 0.25) is 0 Å². The predicted octanol–water partition coefficient (Wildman–Crippen LogP) is 10.6. The van der Waals surface area contributed by atoms with Gasteiger partial charge in [0.25, 0.3) is 0 Å². The molecule has 0 aliphatic heterocycles. The van der Waals surface area contributed by atoms with E-state index in [4.69, 9.17) is 23.6 Å². The van der Waals surface area contributed by atoms with Crippen molar-refractivity contribution in [3.63, 3.8) is 0 Å². The molecule has 3 N–H and O–H groups in total. The summed E-state index contributed by atoms with van der Waals surface area (Å²) in [4.78, 5) is 22.5. The van der Waals surface area contributed by atoms with Gasteiger partial charge >= 0.3 is 13.8 Å². The Labute approximate surface area is 316 Å². The van der Waals surface area contributed by atoms with Crippen LogP contribution in [0, 0.1) is 0 Å². The highest BCUT2D eigenvalue weighted by atomic mass is 31.2. The Morgan fingerprint density at radius 2 is 1.04 bits per heavy atom. The maximum absolute atomic E-state index is 12.6. The summed E-state index contributed by atoms with van der Waals surface area (Å²) in [6.45, 7) is 3.21. The maximum Gasteiger partial charge on any atom is 0.472 e. The number of phosphoric ester groups is 1. The van der Waals surface area contributed by atoms with Crippen molar-refractivity contribution in [3.8, 4) is 0 Å². The van der Waals surface area contributed by atoms with Crippen LogP contribution in [0.15, 0.2) is 72.9 Å². The van der Waals surface area contributed by atoms with Crippen molar-refractivity contribution in [2.75, 3.05) is 33.0 Å². The van der Waals surface area contributed by atoms with Gasteiger partial charge in [0.05, 0.1) is 26.4 Å². The first-order valence-corrected chi connectivity index (χ1v) is 21.4. The van der Waals surface area contributed by atoms with Crippen LogP contribution >= 0.6 is 7.82 Å². The molecule has 0 spiro atoms. The first kappa shape index (κ1) is 49.9. The van der Waals surface area contributed by atoms with E-state index in [1.807, 2.05) is 0 Å². The van der Waals surface area contributed by atoms with Gasteiger partial charge in [-0.3, -0.25) is 13.8 Å². The Hall–Kier alpha value is -2.10. The molecule has 0 saturated heterocycles. The van der Waals surface area contributed by atoms with Crippen LogP contribution < -0.4 is 0 Å². The van der Waals surface area contributed by atoms with E-state index in [9.17, 15) is 19.4 Å². The Morgan fingerprint density at radius 1 is 0.596 bits per heavy atom. The van der Waals surface area contributed by atoms with Gasteiger partial charge in [-0.1, -0.05) is 132 Å². The highest BCUT2D eigenvalue weighted by Crippen LogP contribution is 2.43. The Kier molecular flexibility index (Phi) is 37.1. The van der Waals surface area contributed by atoms with Crippen LogP contribution in [-0.4, -0.2) is 66.3 Å². The summed E-state index contributed by atoms with van der Waals surface area (Å²) in [5.74, 6) is -0.418. The summed E-state index contributed by atoms with van der Waals surface area (Å²) in [5.41, 5.74) is 0. The zero-order valence-corrected chi connectivity index (χ0v) is 33.4. The van der Waals surface area contributed by atoms with Crippen molar-refractivity contribution >= 4 is 13.8 Å². The predicted molar refractivity (Wildman–Crippen MR) is 214 cm³/mol. The lowest BCUT2D eigenvalue weighted by Crippen LogP contribution is -2.29. The quantitative estimate of drug-likeness (QED) is 0.0245. The number of hydrogen-bond donors (Lipinski definition) is 3. The van der Waals surface area contributed by atoms with Crippen LogP contribution in [-0.2, 0) is 27.9 Å². The van der Waals surface area contributed by atoms with Gasteiger partial charge < -0.3 is 24.6 Å². The molecule has 10 heteroatoms. The Morgan fingerprint density at radius 3 is 1.56 bits per heavy atom. The SMILES string of the molecule is CC/C=C\C/C=C\C/C=C\CCCCCCCCCCOCC(COP(=O)(O)OCC(O)CO)OC(=O)CCCCC/C=C\C/C=C\C/C=C\CC. The second-order valence-corrected chi connectivity index (χ2v) is 14.3. The third-order valence-electron chi connectivity index (χ3n) is 7.89. The number of aliphatic hydroxyl groups excluding tert-OH is 2. The molecule has 300 valence electrons. The summed E-state index contributed by atoms with van der Waals surface area (Å²) >= 11 is 0. The fourth-order valence-corrected chi connectivity index (χ4v) is 5.70. The van der Waals surface area contributed by atoms with E-state index in [2.05, 4.69) is 86.8 Å². The van der Waals surface area contributed by atoms with Crippen molar-refractivity contribution in [2.24, 2.45) is 0 Å². The van der Waals surface area contributed by atoms with E-state index in [0.29, 0.717) is 13.0 Å². The van der Waals surface area contributed by atoms with E-state index >= 15 is 0 Å². The van der Waals surface area contributed by atoms with Gasteiger partial charge in [0, 0.05) is 13.0 Å². The summed E-state index contributed by atoms with van der Waals surface area (Å²) in [6.07, 6.45) is 44.3. The molecular formula is C42H73O9P. The first-order chi connectivity index (χ1) is 25.3. The molecular weight excluding hydrogens is 679 g/mol. The maximum atomic E-state index is 12.6. The molecule has 0 radical (unpaired) electrons. The third kappa shape index (κ3) is 37.7. The molecule has 0 aromatic carbocycles. The second kappa shape index (κ2) is 38.6. The number of carbonyl (C=O) groups excluding carboxylic acids is 1. The molecule has 0 aromatic heterocycles. The molecule has 52 heavy (non-hydrogen) atoms. The van der Waals surface area contributed by atoms with Crippen molar-refractivity contribution in [3.05, 3.63) is 72.9 Å². The summed E-state index contributed by atoms with van der Waals surface area (Å²) < 4.78 is 33.2. The number of aliphatic hydroxyl groups is 2. The standard InChI is InChI=1S/C42H73O9P/c1-3-5-7-9-11-13-15-17-18-19-20-21-23-25-27-29-31-33-35-48-38-41(39-50-52(46,47)49-37-40(44)36-43)51-42(45)34-32-30-28-26-24-22-16-14-12-10-8-6-4-2/h5-8,11-14,17-18,22,24,40-41,43-44H,3-4,9-10,15-16,19-21,23,25-39H2,1-2H3,(H,46,47)/b7-5-,8-6-,13-11-,14-12-,18-17-,24-22-. The molecule has 0 aliphatic rings. The van der Waals surface area contributed by atoms with Crippen molar-refractivity contribution in [1.29, 1.82) is 0 Å². The van der Waals surface area contributed by atoms with Crippen LogP contribution in [0.25, 0.3) is 0 Å². The molecule has 0 heterocycles. The molecule has 3 atom stereocenters. The number of esters is 1. The van der Waals surface area contributed by atoms with E-state index in [1.54, 1.807) is 0 Å². The summed E-state index contributed by atoms with van der Waals surface area (Å²) in [6, 6.07) is 0. The highest BCUT2D eigenvalue weighted by Gasteiger charge is 2.26. The van der Waals surface area contributed by atoms with Crippen LogP contribution in [0.4, 0.5) is 0 Å². The normalized spacial score (nSPS) is 14.9. The number of hydrogen-bond acceptors (Lipinski definition) is 8. The minimum absolute atomic E-state index is 0.0279. The number of ether oxygens (including phenoxy) is 2. The van der Waals surface area contributed by atoms with Crippen LogP contribution in [0.5, 0.6) is 0 Å². The van der Waals surface area contributed by atoms with Gasteiger partial charge in [-0.25, -0.2) is 4.57 Å². The number of allylic oxidation sites excluding steroid dienone is 12. The smallest absolute Gasteiger partial charge is 0.457 e. The van der Waals surface area contributed by atoms with Gasteiger partial charge in [-0.05, 0) is 77.0 Å². The molecule has 9 nitrogen and oxygen atoms in total. The van der Waals surface area contributed by atoms with Crippen molar-refractivity contribution < 1.29 is 43.0 Å². The lowest BCUT2D eigenvalue weighted by atomic mass is 10.1. The van der Waals surface area contributed by atoms with Gasteiger partial charge in [-0.2, -0.15) is 0 Å². The average molecular weight is 753 g/mol. The second-order valence-electron chi connectivity index (χ2n) is 12.9. The average Bonchev–Trinajstić information content (AvgIpc) is 3.13. The lowest BCUT2D eigenvalue weighted by molar-refractivity contribution is -0.154. The minimum atomic E-state index is -4.53. The van der Waals surface area contributed by atoms with E-state index in [-0.39, 0.29) is 13.0 Å². The van der Waals surface area contributed by atoms with Crippen LogP contribution in [0.2, 0.25) is 0 Å². The van der Waals surface area contributed by atoms with E-state index in [1.165, 1.54) is 32.1 Å². The molecule has 0 rings (SSSR count). The fourth-order valence-electron chi connectivity index (χ4n) is 4.91. The van der Waals surface area contributed by atoms with Crippen molar-refractivity contribution in [1.82, 2.24) is 0 Å². The molecule has 0 fully saturated rings.